The van der Waals surface area contributed by atoms with Crippen LogP contribution in [-0.4, -0.2) is 57.7 Å². The van der Waals surface area contributed by atoms with Crippen molar-refractivity contribution in [1.82, 2.24) is 0 Å². The summed E-state index contributed by atoms with van der Waals surface area (Å²) in [6.45, 7) is 2.51. The van der Waals surface area contributed by atoms with Gasteiger partial charge in [-0.2, -0.15) is 4.57 Å². The largest absolute Gasteiger partial charge is 0.461 e. The van der Waals surface area contributed by atoms with Crippen LogP contribution in [-0.2, 0) is 11.3 Å². The zero-order valence-corrected chi connectivity index (χ0v) is 19.9. The van der Waals surface area contributed by atoms with Crippen LogP contribution in [0.15, 0.2) is 72.9 Å². The molecule has 1 fully saturated rings. The molecule has 5 atom stereocenters. The molecule has 0 aliphatic carbocycles. The predicted molar refractivity (Wildman–Crippen MR) is 137 cm³/mol. The number of hydrogen-bond acceptors (Lipinski definition) is 6. The average molecular weight is 489 g/mol. The minimum absolute atomic E-state index is 0.459. The Morgan fingerprint density at radius 1 is 0.806 bits per heavy atom. The maximum Gasteiger partial charge on any atom is 0.229 e. The molecule has 4 aromatic rings. The number of pyridine rings is 1. The molecule has 1 saturated heterocycles. The van der Waals surface area contributed by atoms with Gasteiger partial charge in [-0.15, -0.1) is 0 Å². The first-order valence-corrected chi connectivity index (χ1v) is 12.1. The van der Waals surface area contributed by atoms with Crippen molar-refractivity contribution in [1.29, 1.82) is 0 Å². The highest BCUT2D eigenvalue weighted by molar-refractivity contribution is 5.98. The molecule has 0 spiro atoms. The zero-order chi connectivity index (χ0) is 25.2. The molecule has 0 radical (unpaired) electrons. The SMILES string of the molecule is CC[n+]1ccc(C=Cc2ccc(O[C@@H]3O[C@H](CO)[C@H](O)[C@H](O)[C@H]3O)c3ccccc23)c2ccccc21. The third-order valence-electron chi connectivity index (χ3n) is 6.75. The van der Waals surface area contributed by atoms with Gasteiger partial charge in [0, 0.05) is 17.5 Å². The van der Waals surface area contributed by atoms with Crippen molar-refractivity contribution in [3.63, 3.8) is 0 Å². The number of para-hydroxylation sites is 1. The maximum atomic E-state index is 10.4. The predicted octanol–water partition coefficient (Wildman–Crippen LogP) is 2.65. The molecule has 5 rings (SSSR count). The van der Waals surface area contributed by atoms with E-state index in [1.807, 2.05) is 42.5 Å². The number of ether oxygens (including phenoxy) is 2. The summed E-state index contributed by atoms with van der Waals surface area (Å²) < 4.78 is 13.7. The number of hydrogen-bond donors (Lipinski definition) is 4. The smallest absolute Gasteiger partial charge is 0.229 e. The second-order valence-corrected chi connectivity index (χ2v) is 8.92. The monoisotopic (exact) mass is 488 g/mol. The molecule has 0 unspecified atom stereocenters. The van der Waals surface area contributed by atoms with Crippen LogP contribution in [0.4, 0.5) is 0 Å². The Kier molecular flexibility index (Phi) is 7.00. The molecule has 1 aliphatic heterocycles. The third-order valence-corrected chi connectivity index (χ3v) is 6.75. The van der Waals surface area contributed by atoms with Gasteiger partial charge in [-0.05, 0) is 35.6 Å². The van der Waals surface area contributed by atoms with Gasteiger partial charge < -0.3 is 29.9 Å². The summed E-state index contributed by atoms with van der Waals surface area (Å²) >= 11 is 0. The summed E-state index contributed by atoms with van der Waals surface area (Å²) in [4.78, 5) is 0. The first-order valence-electron chi connectivity index (χ1n) is 12.1. The Labute approximate surface area is 209 Å². The van der Waals surface area contributed by atoms with Crippen LogP contribution in [0.3, 0.4) is 0 Å². The van der Waals surface area contributed by atoms with Gasteiger partial charge in [0.15, 0.2) is 6.20 Å². The Morgan fingerprint density at radius 3 is 2.19 bits per heavy atom. The molecule has 3 aromatic carbocycles. The summed E-state index contributed by atoms with van der Waals surface area (Å²) in [6, 6.07) is 21.9. The van der Waals surface area contributed by atoms with Crippen molar-refractivity contribution in [2.45, 2.75) is 44.2 Å². The van der Waals surface area contributed by atoms with E-state index in [1.165, 1.54) is 10.9 Å². The maximum absolute atomic E-state index is 10.4. The zero-order valence-electron chi connectivity index (χ0n) is 19.9. The van der Waals surface area contributed by atoms with Crippen LogP contribution in [0.5, 0.6) is 5.75 Å². The van der Waals surface area contributed by atoms with Gasteiger partial charge >= 0.3 is 0 Å². The van der Waals surface area contributed by atoms with E-state index in [4.69, 9.17) is 9.47 Å². The summed E-state index contributed by atoms with van der Waals surface area (Å²) in [5.74, 6) is 0.459. The number of aliphatic hydroxyl groups is 4. The van der Waals surface area contributed by atoms with E-state index in [1.54, 1.807) is 6.07 Å². The molecule has 2 heterocycles. The van der Waals surface area contributed by atoms with Crippen LogP contribution >= 0.6 is 0 Å². The van der Waals surface area contributed by atoms with Gasteiger partial charge in [-0.1, -0.05) is 54.6 Å². The summed E-state index contributed by atoms with van der Waals surface area (Å²) in [6.07, 6.45) is -0.423. The van der Waals surface area contributed by atoms with Gasteiger partial charge in [-0.25, -0.2) is 0 Å². The van der Waals surface area contributed by atoms with Gasteiger partial charge in [-0.3, -0.25) is 0 Å². The number of rotatable bonds is 6. The first kappa shape index (κ1) is 24.4. The first-order chi connectivity index (χ1) is 17.5. The molecule has 0 saturated carbocycles. The number of aliphatic hydroxyl groups excluding tert-OH is 4. The second-order valence-electron chi connectivity index (χ2n) is 8.92. The number of nitrogens with zero attached hydrogens (tertiary/aromatic N) is 1. The average Bonchev–Trinajstić information content (AvgIpc) is 2.92. The molecule has 1 aliphatic rings. The van der Waals surface area contributed by atoms with Gasteiger partial charge in [0.2, 0.25) is 11.8 Å². The van der Waals surface area contributed by atoms with Crippen LogP contribution < -0.4 is 9.30 Å². The second kappa shape index (κ2) is 10.3. The van der Waals surface area contributed by atoms with E-state index in [0.717, 1.165) is 28.4 Å². The molecule has 186 valence electrons. The van der Waals surface area contributed by atoms with Gasteiger partial charge in [0.25, 0.3) is 0 Å². The minimum atomic E-state index is -1.50. The number of benzene rings is 3. The minimum Gasteiger partial charge on any atom is -0.461 e. The Balaban J connectivity index is 1.48. The van der Waals surface area contributed by atoms with E-state index in [0.29, 0.717) is 5.75 Å². The lowest BCUT2D eigenvalue weighted by atomic mass is 9.99. The molecular formula is C29H30NO6+. The van der Waals surface area contributed by atoms with Crippen molar-refractivity contribution in [3.05, 3.63) is 84.1 Å². The molecule has 7 heteroatoms. The molecule has 4 N–H and O–H groups in total. The molecule has 7 nitrogen and oxygen atoms in total. The van der Waals surface area contributed by atoms with Gasteiger partial charge in [0.1, 0.15) is 36.7 Å². The summed E-state index contributed by atoms with van der Waals surface area (Å²) in [5.41, 5.74) is 3.28. The standard InChI is InChI=1S/C29H30NO6/c1-2-30-16-15-19(21-8-5-6-10-23(21)30)12-11-18-13-14-24(22-9-4-3-7-20(18)22)35-29-28(34)27(33)26(32)25(17-31)36-29/h3-16,25-29,31-34H,2,17H2,1H3/q+1/t25-,26+,27+,28-,29-/m1/s1. The van der Waals surface area contributed by atoms with Crippen LogP contribution in [0.2, 0.25) is 0 Å². The van der Waals surface area contributed by atoms with E-state index in [2.05, 4.69) is 48.0 Å². The van der Waals surface area contributed by atoms with Crippen molar-refractivity contribution >= 4 is 33.8 Å². The van der Waals surface area contributed by atoms with E-state index in [9.17, 15) is 20.4 Å². The van der Waals surface area contributed by atoms with E-state index >= 15 is 0 Å². The lowest BCUT2D eigenvalue weighted by Gasteiger charge is -2.39. The van der Waals surface area contributed by atoms with E-state index < -0.39 is 37.3 Å². The molecule has 0 bridgehead atoms. The summed E-state index contributed by atoms with van der Waals surface area (Å²) in [7, 11) is 0. The topological polar surface area (TPSA) is 103 Å². The number of aryl methyl sites for hydroxylation is 1. The fraction of sp³-hybridized carbons (Fsp3) is 0.276. The number of aromatic nitrogens is 1. The van der Waals surface area contributed by atoms with Crippen molar-refractivity contribution in [2.75, 3.05) is 6.61 Å². The molecule has 0 amide bonds. The highest BCUT2D eigenvalue weighted by atomic mass is 16.7. The highest BCUT2D eigenvalue weighted by Gasteiger charge is 2.44. The normalized spacial score (nSPS) is 24.5. The highest BCUT2D eigenvalue weighted by Crippen LogP contribution is 2.33. The van der Waals surface area contributed by atoms with Crippen molar-refractivity contribution in [2.24, 2.45) is 0 Å². The fourth-order valence-electron chi connectivity index (χ4n) is 4.74. The van der Waals surface area contributed by atoms with Crippen molar-refractivity contribution < 1.29 is 34.5 Å². The lowest BCUT2D eigenvalue weighted by molar-refractivity contribution is -0.667. The lowest BCUT2D eigenvalue weighted by Crippen LogP contribution is -2.60. The Hall–Kier alpha value is -3.33. The Morgan fingerprint density at radius 2 is 1.47 bits per heavy atom. The summed E-state index contributed by atoms with van der Waals surface area (Å²) in [5, 5.41) is 42.9. The van der Waals surface area contributed by atoms with E-state index in [-0.39, 0.29) is 0 Å². The van der Waals surface area contributed by atoms with Gasteiger partial charge in [0.05, 0.1) is 12.0 Å². The van der Waals surface area contributed by atoms with Crippen LogP contribution in [0, 0.1) is 0 Å². The quantitative estimate of drug-likeness (QED) is 0.311. The van der Waals surface area contributed by atoms with Crippen molar-refractivity contribution in [3.8, 4) is 5.75 Å². The van der Waals surface area contributed by atoms with Crippen LogP contribution in [0.1, 0.15) is 18.1 Å². The molecular weight excluding hydrogens is 458 g/mol. The fourth-order valence-corrected chi connectivity index (χ4v) is 4.74. The molecule has 1 aromatic heterocycles. The number of fused-ring (bicyclic) bond motifs is 2. The molecule has 36 heavy (non-hydrogen) atoms. The van der Waals surface area contributed by atoms with Crippen LogP contribution in [0.25, 0.3) is 33.8 Å². The third kappa shape index (κ3) is 4.48. The Bertz CT molecular complexity index is 1400.